The van der Waals surface area contributed by atoms with Gasteiger partial charge in [-0.2, -0.15) is 0 Å². The summed E-state index contributed by atoms with van der Waals surface area (Å²) in [6, 6.07) is 8.04. The van der Waals surface area contributed by atoms with Crippen molar-refractivity contribution in [2.75, 3.05) is 5.32 Å². The topological polar surface area (TPSA) is 74.8 Å². The van der Waals surface area contributed by atoms with Gasteiger partial charge in [0.1, 0.15) is 6.17 Å². The Hall–Kier alpha value is -2.04. The summed E-state index contributed by atoms with van der Waals surface area (Å²) in [5.41, 5.74) is 7.79. The number of nitrogens with one attached hydrogen (secondary N) is 2. The maximum atomic E-state index is 5.62. The lowest BCUT2D eigenvalue weighted by molar-refractivity contribution is 0.766. The third-order valence-electron chi connectivity index (χ3n) is 2.17. The van der Waals surface area contributed by atoms with E-state index in [1.54, 1.807) is 0 Å². The molecule has 16 heavy (non-hydrogen) atoms. The average Bonchev–Trinajstić information content (AvgIpc) is 2.15. The summed E-state index contributed by atoms with van der Waals surface area (Å²) in [5, 5.41) is 6.04. The van der Waals surface area contributed by atoms with Gasteiger partial charge >= 0.3 is 0 Å². The molecule has 0 saturated heterocycles. The highest BCUT2D eigenvalue weighted by Crippen LogP contribution is 2.10. The summed E-state index contributed by atoms with van der Waals surface area (Å²) >= 11 is 0. The summed E-state index contributed by atoms with van der Waals surface area (Å²) in [4.78, 5) is 8.33. The van der Waals surface area contributed by atoms with Crippen molar-refractivity contribution < 1.29 is 0 Å². The highest BCUT2D eigenvalue weighted by molar-refractivity contribution is 6.05. The molecule has 1 unspecified atom stereocenters. The van der Waals surface area contributed by atoms with E-state index in [9.17, 15) is 0 Å². The molecule has 0 radical (unpaired) electrons. The number of benzene rings is 1. The number of guanidine groups is 2. The van der Waals surface area contributed by atoms with Crippen molar-refractivity contribution in [3.05, 3.63) is 29.8 Å². The third kappa shape index (κ3) is 2.50. The molecule has 0 saturated carbocycles. The monoisotopic (exact) mass is 217 g/mol. The summed E-state index contributed by atoms with van der Waals surface area (Å²) in [6.07, 6.45) is -0.145. The van der Waals surface area contributed by atoms with E-state index in [0.29, 0.717) is 11.9 Å². The fourth-order valence-electron chi connectivity index (χ4n) is 1.53. The quantitative estimate of drug-likeness (QED) is 0.657. The smallest absolute Gasteiger partial charge is 0.204 e. The molecule has 2 rings (SSSR count). The van der Waals surface area contributed by atoms with Crippen LogP contribution in [0, 0.1) is 6.92 Å². The lowest BCUT2D eigenvalue weighted by Gasteiger charge is -2.17. The maximum absolute atomic E-state index is 5.62. The van der Waals surface area contributed by atoms with Crippen LogP contribution in [0.15, 0.2) is 34.3 Å². The fraction of sp³-hybridized carbons (Fsp3) is 0.273. The van der Waals surface area contributed by atoms with Crippen LogP contribution < -0.4 is 16.4 Å². The number of rotatable bonds is 1. The maximum Gasteiger partial charge on any atom is 0.204 e. The number of aliphatic imine (C=N–C) groups is 2. The molecule has 1 aliphatic heterocycles. The zero-order valence-electron chi connectivity index (χ0n) is 9.36. The molecule has 0 bridgehead atoms. The Morgan fingerprint density at radius 1 is 1.38 bits per heavy atom. The van der Waals surface area contributed by atoms with Crippen molar-refractivity contribution in [3.8, 4) is 0 Å². The molecule has 1 aromatic rings. The van der Waals surface area contributed by atoms with Gasteiger partial charge in [0.05, 0.1) is 0 Å². The highest BCUT2D eigenvalue weighted by Gasteiger charge is 2.10. The molecule has 84 valence electrons. The fourth-order valence-corrected chi connectivity index (χ4v) is 1.53. The first-order chi connectivity index (χ1) is 7.63. The lowest BCUT2D eigenvalue weighted by Crippen LogP contribution is -2.44. The van der Waals surface area contributed by atoms with Gasteiger partial charge in [0.15, 0.2) is 5.96 Å². The average molecular weight is 217 g/mol. The summed E-state index contributed by atoms with van der Waals surface area (Å²) in [6.45, 7) is 3.92. The van der Waals surface area contributed by atoms with Crippen LogP contribution in [-0.4, -0.2) is 18.1 Å². The normalized spacial score (nSPS) is 19.5. The molecular formula is C11H15N5. The predicted octanol–water partition coefficient (Wildman–Crippen LogP) is 1.03. The van der Waals surface area contributed by atoms with Crippen LogP contribution in [0.4, 0.5) is 5.69 Å². The van der Waals surface area contributed by atoms with Crippen LogP contribution in [0.2, 0.25) is 0 Å². The van der Waals surface area contributed by atoms with Crippen LogP contribution in [0.1, 0.15) is 12.5 Å². The number of aryl methyl sites for hydroxylation is 1. The molecule has 5 nitrogen and oxygen atoms in total. The van der Waals surface area contributed by atoms with Crippen molar-refractivity contribution in [2.24, 2.45) is 15.7 Å². The van der Waals surface area contributed by atoms with Crippen LogP contribution in [-0.2, 0) is 0 Å². The SMILES string of the molecule is Cc1cccc(NC2=NC(C)N=C(N)N2)c1. The molecule has 4 N–H and O–H groups in total. The predicted molar refractivity (Wildman–Crippen MR) is 66.5 cm³/mol. The second kappa shape index (κ2) is 4.22. The zero-order valence-corrected chi connectivity index (χ0v) is 9.36. The molecule has 1 aromatic carbocycles. The van der Waals surface area contributed by atoms with Gasteiger partial charge in [-0.25, -0.2) is 9.98 Å². The Morgan fingerprint density at radius 3 is 2.88 bits per heavy atom. The van der Waals surface area contributed by atoms with E-state index in [4.69, 9.17) is 5.73 Å². The molecule has 0 fully saturated rings. The first-order valence-electron chi connectivity index (χ1n) is 5.15. The van der Waals surface area contributed by atoms with E-state index >= 15 is 0 Å². The van der Waals surface area contributed by atoms with E-state index in [0.717, 1.165) is 5.69 Å². The Kier molecular flexibility index (Phi) is 2.76. The van der Waals surface area contributed by atoms with Crippen LogP contribution in [0.25, 0.3) is 0 Å². The standard InChI is InChI=1S/C11H15N5/c1-7-4-3-5-9(6-7)15-11-14-8(2)13-10(12)16-11/h3-6,8H,1-2H3,(H4,12,13,14,15,16). The second-order valence-electron chi connectivity index (χ2n) is 3.74. The van der Waals surface area contributed by atoms with Gasteiger partial charge in [-0.3, -0.25) is 5.32 Å². The second-order valence-corrected chi connectivity index (χ2v) is 3.74. The van der Waals surface area contributed by atoms with Gasteiger partial charge < -0.3 is 11.1 Å². The van der Waals surface area contributed by atoms with Gasteiger partial charge in [0.25, 0.3) is 0 Å². The van der Waals surface area contributed by atoms with Crippen LogP contribution >= 0.6 is 0 Å². The van der Waals surface area contributed by atoms with Gasteiger partial charge in [-0.1, -0.05) is 12.1 Å². The Morgan fingerprint density at radius 2 is 2.19 bits per heavy atom. The molecule has 0 amide bonds. The minimum Gasteiger partial charge on any atom is -0.370 e. The Labute approximate surface area is 94.5 Å². The van der Waals surface area contributed by atoms with Crippen LogP contribution in [0.5, 0.6) is 0 Å². The Balaban J connectivity index is 2.11. The van der Waals surface area contributed by atoms with Crippen LogP contribution in [0.3, 0.4) is 0 Å². The zero-order chi connectivity index (χ0) is 11.5. The molecule has 0 aromatic heterocycles. The molecule has 1 heterocycles. The molecular weight excluding hydrogens is 202 g/mol. The van der Waals surface area contributed by atoms with E-state index < -0.39 is 0 Å². The van der Waals surface area contributed by atoms with Gasteiger partial charge in [0.2, 0.25) is 5.96 Å². The number of anilines is 1. The molecule has 0 aliphatic carbocycles. The largest absolute Gasteiger partial charge is 0.370 e. The van der Waals surface area contributed by atoms with E-state index in [-0.39, 0.29) is 6.17 Å². The first-order valence-corrected chi connectivity index (χ1v) is 5.15. The summed E-state index contributed by atoms with van der Waals surface area (Å²) in [7, 11) is 0. The number of nitrogens with zero attached hydrogens (tertiary/aromatic N) is 2. The molecule has 0 spiro atoms. The van der Waals surface area contributed by atoms with E-state index in [1.165, 1.54) is 5.56 Å². The summed E-state index contributed by atoms with van der Waals surface area (Å²) < 4.78 is 0. The van der Waals surface area contributed by atoms with Gasteiger partial charge in [0, 0.05) is 5.69 Å². The van der Waals surface area contributed by atoms with Crippen molar-refractivity contribution in [1.29, 1.82) is 0 Å². The van der Waals surface area contributed by atoms with Crippen molar-refractivity contribution >= 4 is 17.6 Å². The van der Waals surface area contributed by atoms with E-state index in [1.807, 2.05) is 38.1 Å². The van der Waals surface area contributed by atoms with Crippen molar-refractivity contribution in [1.82, 2.24) is 5.32 Å². The molecule has 1 aliphatic rings. The van der Waals surface area contributed by atoms with Crippen molar-refractivity contribution in [2.45, 2.75) is 20.0 Å². The number of hydrogen-bond acceptors (Lipinski definition) is 5. The third-order valence-corrected chi connectivity index (χ3v) is 2.17. The lowest BCUT2D eigenvalue weighted by atomic mass is 10.2. The molecule has 1 atom stereocenters. The van der Waals surface area contributed by atoms with Gasteiger partial charge in [-0.05, 0) is 31.5 Å². The van der Waals surface area contributed by atoms with E-state index in [2.05, 4.69) is 20.6 Å². The minimum absolute atomic E-state index is 0.145. The first kappa shape index (κ1) is 10.5. The number of nitrogens with two attached hydrogens (primary N) is 1. The van der Waals surface area contributed by atoms with Gasteiger partial charge in [-0.15, -0.1) is 0 Å². The van der Waals surface area contributed by atoms with Crippen molar-refractivity contribution in [3.63, 3.8) is 0 Å². The number of hydrogen-bond donors (Lipinski definition) is 3. The molecule has 5 heteroatoms. The highest BCUT2D eigenvalue weighted by atomic mass is 15.3. The summed E-state index contributed by atoms with van der Waals surface area (Å²) in [5.74, 6) is 1.02. The Bertz CT molecular complexity index is 449. The minimum atomic E-state index is -0.145.